The molecule has 2 rings (SSSR count). The van der Waals surface area contributed by atoms with Crippen molar-refractivity contribution in [2.75, 3.05) is 31.1 Å². The molecule has 0 spiro atoms. The van der Waals surface area contributed by atoms with E-state index < -0.39 is 0 Å². The number of benzene rings is 1. The van der Waals surface area contributed by atoms with Crippen LogP contribution < -0.4 is 4.90 Å². The summed E-state index contributed by atoms with van der Waals surface area (Å²) in [7, 11) is 0. The van der Waals surface area contributed by atoms with Gasteiger partial charge < -0.3 is 10.0 Å². The molecule has 3 nitrogen and oxygen atoms in total. The van der Waals surface area contributed by atoms with Crippen molar-refractivity contribution in [2.45, 2.75) is 26.5 Å². The van der Waals surface area contributed by atoms with Crippen molar-refractivity contribution in [3.8, 4) is 0 Å². The smallest absolute Gasteiger partial charge is 0.0681 e. The van der Waals surface area contributed by atoms with Crippen molar-refractivity contribution >= 4 is 5.69 Å². The number of rotatable bonds is 3. The zero-order valence-corrected chi connectivity index (χ0v) is 10.8. The van der Waals surface area contributed by atoms with E-state index in [2.05, 4.69) is 35.8 Å². The average Bonchev–Trinajstić information content (AvgIpc) is 2.39. The van der Waals surface area contributed by atoms with Gasteiger partial charge in [0.1, 0.15) is 0 Å². The highest BCUT2D eigenvalue weighted by molar-refractivity contribution is 5.48. The van der Waals surface area contributed by atoms with Gasteiger partial charge in [0.05, 0.1) is 6.61 Å². The second kappa shape index (κ2) is 5.52. The Kier molecular flexibility index (Phi) is 4.02. The summed E-state index contributed by atoms with van der Waals surface area (Å²) >= 11 is 0. The number of hydrogen-bond donors (Lipinski definition) is 1. The van der Waals surface area contributed by atoms with Crippen molar-refractivity contribution in [2.24, 2.45) is 0 Å². The quantitative estimate of drug-likeness (QED) is 0.862. The highest BCUT2D eigenvalue weighted by atomic mass is 16.3. The Balaban J connectivity index is 2.03. The fourth-order valence-electron chi connectivity index (χ4n) is 2.51. The van der Waals surface area contributed by atoms with E-state index in [1.54, 1.807) is 0 Å². The molecule has 1 aromatic rings. The Hall–Kier alpha value is -1.06. The van der Waals surface area contributed by atoms with Crippen LogP contribution >= 0.6 is 0 Å². The van der Waals surface area contributed by atoms with Crippen LogP contribution in [0.25, 0.3) is 0 Å². The number of aliphatic hydroxyl groups excluding tert-OH is 1. The molecule has 1 unspecified atom stereocenters. The molecule has 0 bridgehead atoms. The van der Waals surface area contributed by atoms with E-state index >= 15 is 0 Å². The Labute approximate surface area is 104 Å². The second-order valence-corrected chi connectivity index (χ2v) is 4.75. The molecule has 17 heavy (non-hydrogen) atoms. The number of aliphatic hydroxyl groups is 1. The summed E-state index contributed by atoms with van der Waals surface area (Å²) in [5, 5.41) is 9.03. The molecule has 1 atom stereocenters. The van der Waals surface area contributed by atoms with Gasteiger partial charge in [-0.05, 0) is 31.2 Å². The van der Waals surface area contributed by atoms with Crippen molar-refractivity contribution in [3.05, 3.63) is 29.8 Å². The predicted octanol–water partition coefficient (Wildman–Crippen LogP) is 1.71. The summed E-state index contributed by atoms with van der Waals surface area (Å²) in [6.45, 7) is 9.10. The Morgan fingerprint density at radius 1 is 1.24 bits per heavy atom. The van der Waals surface area contributed by atoms with Gasteiger partial charge in [-0.25, -0.2) is 0 Å². The van der Waals surface area contributed by atoms with E-state index in [-0.39, 0.29) is 6.61 Å². The molecule has 0 aliphatic carbocycles. The summed E-state index contributed by atoms with van der Waals surface area (Å²) in [4.78, 5) is 4.94. The van der Waals surface area contributed by atoms with E-state index in [0.717, 1.165) is 31.7 Å². The number of anilines is 1. The minimum atomic E-state index is 0.125. The van der Waals surface area contributed by atoms with E-state index in [0.29, 0.717) is 6.04 Å². The summed E-state index contributed by atoms with van der Waals surface area (Å²) in [6.07, 6.45) is 0. The molecule has 0 saturated carbocycles. The highest BCUT2D eigenvalue weighted by Crippen LogP contribution is 2.19. The second-order valence-electron chi connectivity index (χ2n) is 4.75. The van der Waals surface area contributed by atoms with Crippen LogP contribution in [0.1, 0.15) is 19.4 Å². The van der Waals surface area contributed by atoms with Crippen LogP contribution in [0.2, 0.25) is 0 Å². The van der Waals surface area contributed by atoms with Crippen molar-refractivity contribution in [1.29, 1.82) is 0 Å². The number of hydrogen-bond acceptors (Lipinski definition) is 3. The molecule has 1 aliphatic heterocycles. The standard InChI is InChI=1S/C14H22N2O/c1-3-15-8-9-16(10-12(15)2)14-6-4-13(11-17)5-7-14/h4-7,12,17H,3,8-11H2,1-2H3. The molecule has 0 aromatic heterocycles. The first-order chi connectivity index (χ1) is 8.24. The third-order valence-corrected chi connectivity index (χ3v) is 3.66. The fraction of sp³-hybridized carbons (Fsp3) is 0.571. The monoisotopic (exact) mass is 234 g/mol. The molecule has 94 valence electrons. The van der Waals surface area contributed by atoms with Crippen LogP contribution in [-0.4, -0.2) is 42.2 Å². The minimum Gasteiger partial charge on any atom is -0.392 e. The van der Waals surface area contributed by atoms with Crippen LogP contribution in [0.15, 0.2) is 24.3 Å². The SMILES string of the molecule is CCN1CCN(c2ccc(CO)cc2)CC1C. The maximum Gasteiger partial charge on any atom is 0.0681 e. The first-order valence-electron chi connectivity index (χ1n) is 6.43. The van der Waals surface area contributed by atoms with Gasteiger partial charge in [0, 0.05) is 31.4 Å². The first-order valence-corrected chi connectivity index (χ1v) is 6.43. The molecule has 1 aliphatic rings. The van der Waals surface area contributed by atoms with E-state index in [4.69, 9.17) is 5.11 Å². The highest BCUT2D eigenvalue weighted by Gasteiger charge is 2.22. The zero-order chi connectivity index (χ0) is 12.3. The summed E-state index contributed by atoms with van der Waals surface area (Å²) in [5.74, 6) is 0. The van der Waals surface area contributed by atoms with Gasteiger partial charge in [0.2, 0.25) is 0 Å². The first kappa shape index (κ1) is 12.4. The van der Waals surface area contributed by atoms with Crippen LogP contribution in [0.3, 0.4) is 0 Å². The van der Waals surface area contributed by atoms with Crippen LogP contribution in [0, 0.1) is 0 Å². The Morgan fingerprint density at radius 2 is 1.94 bits per heavy atom. The molecule has 1 saturated heterocycles. The molecule has 1 heterocycles. The largest absolute Gasteiger partial charge is 0.392 e. The van der Waals surface area contributed by atoms with Gasteiger partial charge in [-0.3, -0.25) is 4.90 Å². The molecule has 3 heteroatoms. The molecular weight excluding hydrogens is 212 g/mol. The van der Waals surface area contributed by atoms with Gasteiger partial charge in [-0.1, -0.05) is 19.1 Å². The Morgan fingerprint density at radius 3 is 2.47 bits per heavy atom. The molecule has 1 N–H and O–H groups in total. The lowest BCUT2D eigenvalue weighted by Gasteiger charge is -2.40. The molecule has 1 fully saturated rings. The van der Waals surface area contributed by atoms with E-state index in [1.807, 2.05) is 12.1 Å². The third-order valence-electron chi connectivity index (χ3n) is 3.66. The lowest BCUT2D eigenvalue weighted by Crippen LogP contribution is -2.51. The zero-order valence-electron chi connectivity index (χ0n) is 10.8. The van der Waals surface area contributed by atoms with Gasteiger partial charge in [0.15, 0.2) is 0 Å². The maximum absolute atomic E-state index is 9.03. The van der Waals surface area contributed by atoms with Crippen LogP contribution in [0.4, 0.5) is 5.69 Å². The van der Waals surface area contributed by atoms with Gasteiger partial charge >= 0.3 is 0 Å². The Bertz CT molecular complexity index is 350. The normalized spacial score (nSPS) is 21.8. The summed E-state index contributed by atoms with van der Waals surface area (Å²) < 4.78 is 0. The number of likely N-dealkylation sites (N-methyl/N-ethyl adjacent to an activating group) is 1. The lowest BCUT2D eigenvalue weighted by atomic mass is 10.1. The van der Waals surface area contributed by atoms with Gasteiger partial charge in [-0.2, -0.15) is 0 Å². The molecule has 0 amide bonds. The lowest BCUT2D eigenvalue weighted by molar-refractivity contribution is 0.199. The number of piperazine rings is 1. The van der Waals surface area contributed by atoms with Gasteiger partial charge in [0.25, 0.3) is 0 Å². The third kappa shape index (κ3) is 2.79. The number of nitrogens with zero attached hydrogens (tertiary/aromatic N) is 2. The van der Waals surface area contributed by atoms with Crippen molar-refractivity contribution < 1.29 is 5.11 Å². The molecule has 1 aromatic carbocycles. The van der Waals surface area contributed by atoms with Crippen LogP contribution in [-0.2, 0) is 6.61 Å². The topological polar surface area (TPSA) is 26.7 Å². The van der Waals surface area contributed by atoms with E-state index in [1.165, 1.54) is 5.69 Å². The minimum absolute atomic E-state index is 0.125. The van der Waals surface area contributed by atoms with Gasteiger partial charge in [-0.15, -0.1) is 0 Å². The summed E-state index contributed by atoms with van der Waals surface area (Å²) in [5.41, 5.74) is 2.25. The average molecular weight is 234 g/mol. The fourth-order valence-corrected chi connectivity index (χ4v) is 2.51. The summed E-state index contributed by atoms with van der Waals surface area (Å²) in [6, 6.07) is 8.85. The molecular formula is C14H22N2O. The predicted molar refractivity (Wildman–Crippen MR) is 71.3 cm³/mol. The van der Waals surface area contributed by atoms with Crippen LogP contribution in [0.5, 0.6) is 0 Å². The maximum atomic E-state index is 9.03. The van der Waals surface area contributed by atoms with Crippen molar-refractivity contribution in [3.63, 3.8) is 0 Å². The van der Waals surface area contributed by atoms with E-state index in [9.17, 15) is 0 Å². The van der Waals surface area contributed by atoms with Crippen molar-refractivity contribution in [1.82, 2.24) is 4.90 Å². The molecule has 0 radical (unpaired) electrons.